The summed E-state index contributed by atoms with van der Waals surface area (Å²) in [5.41, 5.74) is 0. The number of hydrogen-bond donors (Lipinski definition) is 0. The predicted molar refractivity (Wildman–Crippen MR) is 117 cm³/mol. The highest BCUT2D eigenvalue weighted by molar-refractivity contribution is 5.69. The van der Waals surface area contributed by atoms with E-state index in [1.807, 2.05) is 0 Å². The number of carboxylic acid groups (broad SMARTS) is 1. The van der Waals surface area contributed by atoms with E-state index in [-0.39, 0.29) is 12.4 Å². The molecule has 0 rings (SSSR count). The summed E-state index contributed by atoms with van der Waals surface area (Å²) in [5.74, 6) is -0.965. The predicted octanol–water partition coefficient (Wildman–Crippen LogP) is 4.62. The van der Waals surface area contributed by atoms with Crippen molar-refractivity contribution in [3.8, 4) is 0 Å². The number of carboxylic acids is 1. The van der Waals surface area contributed by atoms with Gasteiger partial charge in [-0.15, -0.1) is 0 Å². The molecule has 0 bridgehead atoms. The third-order valence-electron chi connectivity index (χ3n) is 5.29. The molecule has 0 heterocycles. The topological polar surface area (TPSA) is 66.4 Å². The van der Waals surface area contributed by atoms with Gasteiger partial charge in [0.05, 0.1) is 21.1 Å². The molecule has 0 radical (unpaired) electrons. The molecule has 0 aliphatic rings. The summed E-state index contributed by atoms with van der Waals surface area (Å²) in [4.78, 5) is 21.9. The Bertz CT molecular complexity index is 404. The monoisotopic (exact) mass is 413 g/mol. The fourth-order valence-electron chi connectivity index (χ4n) is 3.34. The molecule has 5 heteroatoms. The lowest BCUT2D eigenvalue weighted by Gasteiger charge is -2.23. The lowest BCUT2D eigenvalue weighted by Crippen LogP contribution is -2.37. The number of quaternary nitrogens is 1. The quantitative estimate of drug-likeness (QED) is 0.156. The zero-order chi connectivity index (χ0) is 21.8. The summed E-state index contributed by atoms with van der Waals surface area (Å²) in [5, 5.41) is 10.3. The molecule has 0 saturated carbocycles. The molecule has 0 aromatic carbocycles. The van der Waals surface area contributed by atoms with Crippen molar-refractivity contribution in [2.45, 2.75) is 109 Å². The average Bonchev–Trinajstić information content (AvgIpc) is 2.63. The van der Waals surface area contributed by atoms with Gasteiger partial charge in [0.2, 0.25) is 0 Å². The Morgan fingerprint density at radius 3 is 1.31 bits per heavy atom. The summed E-state index contributed by atoms with van der Waals surface area (Å²) >= 11 is 0. The molecule has 0 spiro atoms. The smallest absolute Gasteiger partial charge is 0.305 e. The molecule has 0 N–H and O–H groups in total. The van der Waals surface area contributed by atoms with Gasteiger partial charge < -0.3 is 19.1 Å². The normalized spacial score (nSPS) is 11.6. The third kappa shape index (κ3) is 24.9. The van der Waals surface area contributed by atoms with Gasteiger partial charge in [0.1, 0.15) is 13.2 Å². The Labute approximate surface area is 179 Å². The Hall–Kier alpha value is -1.10. The molecule has 0 fully saturated rings. The highest BCUT2D eigenvalue weighted by atomic mass is 16.5. The van der Waals surface area contributed by atoms with Gasteiger partial charge in [0.15, 0.2) is 0 Å². The molecule has 5 nitrogen and oxygen atoms in total. The first-order valence-electron chi connectivity index (χ1n) is 12.0. The number of carbonyl (C=O) groups is 2. The van der Waals surface area contributed by atoms with Gasteiger partial charge in [-0.25, -0.2) is 0 Å². The van der Waals surface area contributed by atoms with E-state index in [4.69, 9.17) is 4.74 Å². The van der Waals surface area contributed by atoms with Crippen molar-refractivity contribution in [3.63, 3.8) is 0 Å². The van der Waals surface area contributed by atoms with Crippen LogP contribution in [-0.2, 0) is 14.3 Å². The van der Waals surface area contributed by atoms with Crippen molar-refractivity contribution in [3.05, 3.63) is 0 Å². The summed E-state index contributed by atoms with van der Waals surface area (Å²) in [6, 6.07) is 0. The van der Waals surface area contributed by atoms with Gasteiger partial charge in [-0.05, 0) is 19.3 Å². The van der Waals surface area contributed by atoms with Crippen LogP contribution in [0.2, 0.25) is 0 Å². The number of aliphatic carboxylic acids is 1. The maximum atomic E-state index is 11.6. The molecular formula is C24H47NO4. The minimum atomic E-state index is -0.920. The van der Waals surface area contributed by atoms with Gasteiger partial charge in [0, 0.05) is 12.4 Å². The Morgan fingerprint density at radius 2 is 0.966 bits per heavy atom. The SMILES string of the molecule is C[N+](C)(C)CCOC(=O)CCCCCCCCCCCCCCCCCC(=O)[O-]. The zero-order valence-corrected chi connectivity index (χ0v) is 19.5. The third-order valence-corrected chi connectivity index (χ3v) is 5.29. The fourth-order valence-corrected chi connectivity index (χ4v) is 3.34. The van der Waals surface area contributed by atoms with E-state index in [1.54, 1.807) is 0 Å². The number of unbranched alkanes of at least 4 members (excludes halogenated alkanes) is 14. The maximum absolute atomic E-state index is 11.6. The van der Waals surface area contributed by atoms with E-state index in [0.717, 1.165) is 43.1 Å². The summed E-state index contributed by atoms with van der Waals surface area (Å²) in [6.45, 7) is 1.38. The molecule has 29 heavy (non-hydrogen) atoms. The second-order valence-electron chi connectivity index (χ2n) is 9.41. The molecule has 172 valence electrons. The first kappa shape index (κ1) is 27.9. The number of carbonyl (C=O) groups excluding carboxylic acids is 2. The average molecular weight is 414 g/mol. The second kappa shape index (κ2) is 18.9. The maximum Gasteiger partial charge on any atom is 0.305 e. The van der Waals surface area contributed by atoms with E-state index in [2.05, 4.69) is 21.1 Å². The Balaban J connectivity index is 3.17. The van der Waals surface area contributed by atoms with Crippen molar-refractivity contribution in [1.82, 2.24) is 0 Å². The molecule has 0 aromatic heterocycles. The van der Waals surface area contributed by atoms with Crippen LogP contribution >= 0.6 is 0 Å². The minimum absolute atomic E-state index is 0.0454. The minimum Gasteiger partial charge on any atom is -0.550 e. The van der Waals surface area contributed by atoms with Crippen molar-refractivity contribution in [1.29, 1.82) is 0 Å². The first-order valence-corrected chi connectivity index (χ1v) is 12.0. The van der Waals surface area contributed by atoms with Gasteiger partial charge in [-0.3, -0.25) is 4.79 Å². The second-order valence-corrected chi connectivity index (χ2v) is 9.41. The van der Waals surface area contributed by atoms with Crippen molar-refractivity contribution >= 4 is 11.9 Å². The van der Waals surface area contributed by atoms with Crippen LogP contribution in [-0.4, -0.2) is 50.7 Å². The molecule has 0 unspecified atom stereocenters. The number of ether oxygens (including phenoxy) is 1. The van der Waals surface area contributed by atoms with Crippen LogP contribution in [0.1, 0.15) is 109 Å². The van der Waals surface area contributed by atoms with Gasteiger partial charge >= 0.3 is 5.97 Å². The number of hydrogen-bond acceptors (Lipinski definition) is 4. The lowest BCUT2D eigenvalue weighted by atomic mass is 10.0. The number of likely N-dealkylation sites (N-methyl/N-ethyl adjacent to an activating group) is 1. The molecule has 0 aromatic rings. The van der Waals surface area contributed by atoms with E-state index in [0.29, 0.717) is 13.0 Å². The highest BCUT2D eigenvalue weighted by Crippen LogP contribution is 2.14. The summed E-state index contributed by atoms with van der Waals surface area (Å²) in [6.07, 6.45) is 18.8. The molecule has 0 saturated heterocycles. The van der Waals surface area contributed by atoms with Crippen molar-refractivity contribution < 1.29 is 23.9 Å². The van der Waals surface area contributed by atoms with Crippen LogP contribution < -0.4 is 5.11 Å². The van der Waals surface area contributed by atoms with E-state index in [1.165, 1.54) is 64.2 Å². The van der Waals surface area contributed by atoms with Crippen LogP contribution in [0.4, 0.5) is 0 Å². The first-order chi connectivity index (χ1) is 13.8. The van der Waals surface area contributed by atoms with Crippen LogP contribution in [0.3, 0.4) is 0 Å². The summed E-state index contributed by atoms with van der Waals surface area (Å²) in [7, 11) is 6.30. The Kier molecular flexibility index (Phi) is 18.2. The van der Waals surface area contributed by atoms with Gasteiger partial charge in [-0.1, -0.05) is 83.5 Å². The Morgan fingerprint density at radius 1 is 0.621 bits per heavy atom. The van der Waals surface area contributed by atoms with Crippen LogP contribution in [0.25, 0.3) is 0 Å². The zero-order valence-electron chi connectivity index (χ0n) is 19.5. The van der Waals surface area contributed by atoms with Crippen LogP contribution in [0.5, 0.6) is 0 Å². The molecule has 0 aliphatic heterocycles. The number of nitrogens with zero attached hydrogens (tertiary/aromatic N) is 1. The molecule has 0 aliphatic carbocycles. The molecule has 0 amide bonds. The van der Waals surface area contributed by atoms with Gasteiger partial charge in [-0.2, -0.15) is 0 Å². The molecule has 0 atom stereocenters. The van der Waals surface area contributed by atoms with Crippen molar-refractivity contribution in [2.24, 2.45) is 0 Å². The number of rotatable bonds is 21. The number of esters is 1. The van der Waals surface area contributed by atoms with Crippen molar-refractivity contribution in [2.75, 3.05) is 34.3 Å². The highest BCUT2D eigenvalue weighted by Gasteiger charge is 2.09. The largest absolute Gasteiger partial charge is 0.550 e. The lowest BCUT2D eigenvalue weighted by molar-refractivity contribution is -0.870. The van der Waals surface area contributed by atoms with Crippen LogP contribution in [0, 0.1) is 0 Å². The van der Waals surface area contributed by atoms with E-state index in [9.17, 15) is 14.7 Å². The molecular weight excluding hydrogens is 366 g/mol. The standard InChI is InChI=1S/C24H47NO4/c1-25(2,3)21-22-29-24(28)20-18-16-14-12-10-8-6-4-5-7-9-11-13-15-17-19-23(26)27/h4-22H2,1-3H3. The van der Waals surface area contributed by atoms with E-state index >= 15 is 0 Å². The van der Waals surface area contributed by atoms with Crippen LogP contribution in [0.15, 0.2) is 0 Å². The summed E-state index contributed by atoms with van der Waals surface area (Å²) < 4.78 is 6.09. The van der Waals surface area contributed by atoms with E-state index < -0.39 is 5.97 Å². The van der Waals surface area contributed by atoms with Gasteiger partial charge in [0.25, 0.3) is 0 Å². The fraction of sp³-hybridized carbons (Fsp3) is 0.917.